The highest BCUT2D eigenvalue weighted by Gasteiger charge is 2.34. The van der Waals surface area contributed by atoms with Gasteiger partial charge in [0.15, 0.2) is 0 Å². The summed E-state index contributed by atoms with van der Waals surface area (Å²) in [6, 6.07) is -0.619. The van der Waals surface area contributed by atoms with E-state index in [-0.39, 0.29) is 19.1 Å². The molecule has 0 aromatic heterocycles. The molecule has 0 radical (unpaired) electrons. The summed E-state index contributed by atoms with van der Waals surface area (Å²) in [6.07, 6.45) is -3.31. The van der Waals surface area contributed by atoms with E-state index >= 15 is 0 Å². The molecule has 7 heteroatoms. The first-order chi connectivity index (χ1) is 8.86. The van der Waals surface area contributed by atoms with Crippen molar-refractivity contribution in [1.29, 1.82) is 0 Å². The Balaban J connectivity index is 2.51. The molecule has 1 aliphatic heterocycles. The van der Waals surface area contributed by atoms with Crippen LogP contribution < -0.4 is 5.32 Å². The van der Waals surface area contributed by atoms with Gasteiger partial charge < -0.3 is 14.8 Å². The number of ether oxygens (including phenoxy) is 2. The molecule has 0 amide bonds. The van der Waals surface area contributed by atoms with Crippen LogP contribution in [0.1, 0.15) is 13.8 Å². The van der Waals surface area contributed by atoms with Gasteiger partial charge in [0.1, 0.15) is 6.04 Å². The van der Waals surface area contributed by atoms with Gasteiger partial charge in [-0.15, -0.1) is 0 Å². The minimum absolute atomic E-state index is 0.0364. The Kier molecular flexibility index (Phi) is 5.81. The van der Waals surface area contributed by atoms with Crippen LogP contribution >= 0.6 is 0 Å². The molecule has 1 saturated heterocycles. The van der Waals surface area contributed by atoms with Crippen LogP contribution in [-0.2, 0) is 14.3 Å². The van der Waals surface area contributed by atoms with Crippen molar-refractivity contribution in [2.75, 3.05) is 26.4 Å². The lowest BCUT2D eigenvalue weighted by atomic mass is 9.98. The van der Waals surface area contributed by atoms with Gasteiger partial charge in [-0.05, 0) is 13.8 Å². The Hall–Kier alpha value is -1.08. The van der Waals surface area contributed by atoms with Gasteiger partial charge in [0.25, 0.3) is 0 Å². The number of alkyl halides is 3. The van der Waals surface area contributed by atoms with Crippen LogP contribution in [0.25, 0.3) is 0 Å². The van der Waals surface area contributed by atoms with Crippen LogP contribution in [0.5, 0.6) is 0 Å². The van der Waals surface area contributed by atoms with Gasteiger partial charge in [0, 0.05) is 18.0 Å². The van der Waals surface area contributed by atoms with Gasteiger partial charge in [0.2, 0.25) is 0 Å². The SMILES string of the molecule is CCOC(=O)C(NCC=C(C)C(F)(F)F)C1COC1. The Bertz CT molecular complexity index is 338. The zero-order valence-electron chi connectivity index (χ0n) is 10.9. The monoisotopic (exact) mass is 281 g/mol. The average molecular weight is 281 g/mol. The van der Waals surface area contributed by atoms with Crippen molar-refractivity contribution in [3.63, 3.8) is 0 Å². The first-order valence-corrected chi connectivity index (χ1v) is 6.08. The Morgan fingerprint density at radius 3 is 2.58 bits per heavy atom. The molecule has 0 aromatic rings. The van der Waals surface area contributed by atoms with E-state index in [4.69, 9.17) is 9.47 Å². The molecule has 1 unspecified atom stereocenters. The maximum absolute atomic E-state index is 12.3. The van der Waals surface area contributed by atoms with E-state index in [0.717, 1.165) is 13.0 Å². The van der Waals surface area contributed by atoms with Crippen LogP contribution in [0.4, 0.5) is 13.2 Å². The molecule has 110 valence electrons. The summed E-state index contributed by atoms with van der Waals surface area (Å²) in [6.45, 7) is 3.71. The van der Waals surface area contributed by atoms with Crippen LogP contribution in [0, 0.1) is 5.92 Å². The first-order valence-electron chi connectivity index (χ1n) is 6.08. The zero-order chi connectivity index (χ0) is 14.5. The molecule has 0 aliphatic carbocycles. The fourth-order valence-corrected chi connectivity index (χ4v) is 1.58. The van der Waals surface area contributed by atoms with Crippen molar-refractivity contribution in [3.05, 3.63) is 11.6 Å². The van der Waals surface area contributed by atoms with Crippen LogP contribution in [0.3, 0.4) is 0 Å². The molecule has 1 heterocycles. The fraction of sp³-hybridized carbons (Fsp3) is 0.750. The lowest BCUT2D eigenvalue weighted by Crippen LogP contribution is -2.51. The van der Waals surface area contributed by atoms with Gasteiger partial charge in [0.05, 0.1) is 19.8 Å². The van der Waals surface area contributed by atoms with E-state index in [0.29, 0.717) is 13.2 Å². The predicted octanol–water partition coefficient (Wildman–Crippen LogP) is 1.66. The van der Waals surface area contributed by atoms with E-state index in [1.165, 1.54) is 0 Å². The van der Waals surface area contributed by atoms with Gasteiger partial charge in [-0.1, -0.05) is 6.08 Å². The van der Waals surface area contributed by atoms with Crippen LogP contribution in [0.15, 0.2) is 11.6 Å². The largest absolute Gasteiger partial charge is 0.465 e. The lowest BCUT2D eigenvalue weighted by Gasteiger charge is -2.32. The summed E-state index contributed by atoms with van der Waals surface area (Å²) in [5, 5.41) is 2.78. The van der Waals surface area contributed by atoms with Crippen molar-refractivity contribution < 1.29 is 27.4 Å². The smallest absolute Gasteiger partial charge is 0.412 e. The van der Waals surface area contributed by atoms with E-state index in [2.05, 4.69) is 5.32 Å². The molecule has 0 spiro atoms. The number of hydrogen-bond donors (Lipinski definition) is 1. The van der Waals surface area contributed by atoms with Gasteiger partial charge in [-0.25, -0.2) is 0 Å². The lowest BCUT2D eigenvalue weighted by molar-refractivity contribution is -0.153. The highest BCUT2D eigenvalue weighted by atomic mass is 19.4. The Morgan fingerprint density at radius 1 is 1.53 bits per heavy atom. The third-order valence-corrected chi connectivity index (χ3v) is 2.87. The summed E-state index contributed by atoms with van der Waals surface area (Å²) in [5.41, 5.74) is -0.688. The maximum atomic E-state index is 12.3. The third kappa shape index (κ3) is 4.83. The van der Waals surface area contributed by atoms with E-state index in [1.54, 1.807) is 6.92 Å². The summed E-state index contributed by atoms with van der Waals surface area (Å²) >= 11 is 0. The summed E-state index contributed by atoms with van der Waals surface area (Å²) in [7, 11) is 0. The van der Waals surface area contributed by atoms with E-state index in [9.17, 15) is 18.0 Å². The fourth-order valence-electron chi connectivity index (χ4n) is 1.58. The van der Waals surface area contributed by atoms with Crippen molar-refractivity contribution in [2.45, 2.75) is 26.1 Å². The maximum Gasteiger partial charge on any atom is 0.412 e. The van der Waals surface area contributed by atoms with Crippen molar-refractivity contribution in [3.8, 4) is 0 Å². The normalized spacial score (nSPS) is 18.9. The van der Waals surface area contributed by atoms with Crippen molar-refractivity contribution >= 4 is 5.97 Å². The highest BCUT2D eigenvalue weighted by molar-refractivity contribution is 5.76. The second kappa shape index (κ2) is 6.91. The molecule has 1 atom stereocenters. The number of rotatable bonds is 6. The molecular weight excluding hydrogens is 263 g/mol. The predicted molar refractivity (Wildman–Crippen MR) is 62.5 cm³/mol. The number of allylic oxidation sites excluding steroid dienone is 1. The van der Waals surface area contributed by atoms with Crippen molar-refractivity contribution in [2.24, 2.45) is 5.92 Å². The number of halogens is 3. The minimum Gasteiger partial charge on any atom is -0.465 e. The van der Waals surface area contributed by atoms with E-state index < -0.39 is 23.8 Å². The third-order valence-electron chi connectivity index (χ3n) is 2.87. The summed E-state index contributed by atoms with van der Waals surface area (Å²) in [4.78, 5) is 11.7. The molecule has 0 saturated carbocycles. The van der Waals surface area contributed by atoms with Crippen LogP contribution in [-0.4, -0.2) is 44.6 Å². The zero-order valence-corrected chi connectivity index (χ0v) is 10.9. The number of esters is 1. The van der Waals surface area contributed by atoms with Gasteiger partial charge in [-0.3, -0.25) is 4.79 Å². The minimum atomic E-state index is -4.33. The highest BCUT2D eigenvalue weighted by Crippen LogP contribution is 2.24. The number of hydrogen-bond acceptors (Lipinski definition) is 4. The first kappa shape index (κ1) is 16.0. The molecule has 1 rings (SSSR count). The molecule has 1 N–H and O–H groups in total. The second-order valence-electron chi connectivity index (χ2n) is 4.32. The van der Waals surface area contributed by atoms with Gasteiger partial charge in [-0.2, -0.15) is 13.2 Å². The van der Waals surface area contributed by atoms with Crippen molar-refractivity contribution in [1.82, 2.24) is 5.32 Å². The Morgan fingerprint density at radius 2 is 2.16 bits per heavy atom. The van der Waals surface area contributed by atoms with E-state index in [1.807, 2.05) is 0 Å². The second-order valence-corrected chi connectivity index (χ2v) is 4.32. The number of carbonyl (C=O) groups is 1. The number of nitrogens with one attached hydrogen (secondary N) is 1. The molecule has 0 aromatic carbocycles. The standard InChI is InChI=1S/C12H18F3NO3/c1-3-19-11(17)10(9-6-18-7-9)16-5-4-8(2)12(13,14)15/h4,9-10,16H,3,5-7H2,1-2H3. The van der Waals surface area contributed by atoms with Gasteiger partial charge >= 0.3 is 12.1 Å². The number of carbonyl (C=O) groups excluding carboxylic acids is 1. The quantitative estimate of drug-likeness (QED) is 0.594. The topological polar surface area (TPSA) is 47.6 Å². The molecule has 0 bridgehead atoms. The molecule has 19 heavy (non-hydrogen) atoms. The summed E-state index contributed by atoms with van der Waals surface area (Å²) in [5.74, 6) is -0.493. The molecule has 4 nitrogen and oxygen atoms in total. The van der Waals surface area contributed by atoms with Crippen LogP contribution in [0.2, 0.25) is 0 Å². The Labute approximate surface area is 109 Å². The summed E-state index contributed by atoms with van der Waals surface area (Å²) < 4.78 is 46.7. The molecule has 1 aliphatic rings. The molecular formula is C12H18F3NO3. The average Bonchev–Trinajstić information content (AvgIpc) is 2.23. The molecule has 1 fully saturated rings.